The zero-order valence-electron chi connectivity index (χ0n) is 27.9. The van der Waals surface area contributed by atoms with Gasteiger partial charge in [-0.15, -0.1) is 6.58 Å². The molecule has 0 fully saturated rings. The summed E-state index contributed by atoms with van der Waals surface area (Å²) in [6.07, 6.45) is 2.50. The number of allylic oxidation sites excluding steroid dienone is 2. The van der Waals surface area contributed by atoms with Crippen molar-refractivity contribution >= 4 is 18.2 Å². The summed E-state index contributed by atoms with van der Waals surface area (Å²) < 4.78 is 42.6. The molecule has 4 rings (SSSR count). The van der Waals surface area contributed by atoms with Crippen LogP contribution in [0, 0.1) is 5.82 Å². The molecule has 13 heteroatoms. The Balaban J connectivity index is 1.44. The Morgan fingerprint density at radius 3 is 2.51 bits per heavy atom. The highest BCUT2D eigenvalue weighted by molar-refractivity contribution is 5.95. The highest BCUT2D eigenvalue weighted by Crippen LogP contribution is 2.36. The van der Waals surface area contributed by atoms with Gasteiger partial charge in [-0.2, -0.15) is 5.10 Å². The molecule has 0 radical (unpaired) electrons. The molecule has 0 aromatic heterocycles. The van der Waals surface area contributed by atoms with Crippen LogP contribution in [0.1, 0.15) is 49.1 Å². The van der Waals surface area contributed by atoms with Crippen LogP contribution in [0.2, 0.25) is 0 Å². The SMILES string of the molecule is C=CCc1cc(/C=N\N[C@@H](O)COc2ccc([C@H]3NC(=O)NC(C)=C3C(=O)OC)cc2OCC)cc(OCC)c1OCc1ccccc1F. The molecule has 2 atom stereocenters. The van der Waals surface area contributed by atoms with Gasteiger partial charge in [0.2, 0.25) is 0 Å². The number of esters is 1. The highest BCUT2D eigenvalue weighted by Gasteiger charge is 2.32. The predicted octanol–water partition coefficient (Wildman–Crippen LogP) is 5.05. The Labute approximate surface area is 284 Å². The number of urea groups is 1. The van der Waals surface area contributed by atoms with Gasteiger partial charge < -0.3 is 39.4 Å². The van der Waals surface area contributed by atoms with Gasteiger partial charge in [0.05, 0.1) is 38.2 Å². The van der Waals surface area contributed by atoms with E-state index in [1.807, 2.05) is 13.0 Å². The van der Waals surface area contributed by atoms with Gasteiger partial charge in [-0.1, -0.05) is 30.3 Å². The van der Waals surface area contributed by atoms with E-state index in [1.54, 1.807) is 62.4 Å². The Hall–Kier alpha value is -5.56. The lowest BCUT2D eigenvalue weighted by atomic mass is 9.95. The first-order valence-electron chi connectivity index (χ1n) is 15.7. The number of carbonyl (C=O) groups excluding carboxylic acids is 2. The Morgan fingerprint density at radius 1 is 1.04 bits per heavy atom. The van der Waals surface area contributed by atoms with Crippen molar-refractivity contribution < 1.29 is 42.8 Å². The van der Waals surface area contributed by atoms with Crippen LogP contribution < -0.4 is 35.0 Å². The first kappa shape index (κ1) is 36.3. The van der Waals surface area contributed by atoms with E-state index in [0.29, 0.717) is 65.0 Å². The summed E-state index contributed by atoms with van der Waals surface area (Å²) in [6.45, 7) is 9.62. The van der Waals surface area contributed by atoms with E-state index in [-0.39, 0.29) is 24.6 Å². The molecule has 2 amide bonds. The summed E-state index contributed by atoms with van der Waals surface area (Å²) >= 11 is 0. The number of nitrogens with one attached hydrogen (secondary N) is 3. The zero-order valence-corrected chi connectivity index (χ0v) is 27.9. The standard InChI is InChI=1S/C36H41FN4O8/c1-6-11-25-16-23(17-30(47-8-3)34(25)49-20-26-12-9-10-13-27(26)37)19-38-41-31(42)21-48-28-15-14-24(18-29(28)46-7-2)33-32(35(43)45-5)22(4)39-36(44)40-33/h6,9-10,12-19,31,33,41-42H,1,7-8,11,20-21H2,2-5H3,(H2,39,40,44)/b38-19-/t31-,33+/m0/s1. The summed E-state index contributed by atoms with van der Waals surface area (Å²) in [5.74, 6) is 0.679. The van der Waals surface area contributed by atoms with Crippen LogP contribution in [0.15, 0.2) is 83.6 Å². The first-order valence-corrected chi connectivity index (χ1v) is 15.7. The van der Waals surface area contributed by atoms with Gasteiger partial charge in [0.25, 0.3) is 0 Å². The summed E-state index contributed by atoms with van der Waals surface area (Å²) in [7, 11) is 1.27. The van der Waals surface area contributed by atoms with Crippen LogP contribution in [-0.2, 0) is 22.6 Å². The summed E-state index contributed by atoms with van der Waals surface area (Å²) in [5, 5.41) is 20.1. The number of ether oxygens (including phenoxy) is 5. The second-order valence-corrected chi connectivity index (χ2v) is 10.7. The number of methoxy groups -OCH3 is 1. The fourth-order valence-corrected chi connectivity index (χ4v) is 5.08. The molecule has 1 aliphatic heterocycles. The number of benzene rings is 3. The second-order valence-electron chi connectivity index (χ2n) is 10.7. The van der Waals surface area contributed by atoms with E-state index in [1.165, 1.54) is 19.4 Å². The van der Waals surface area contributed by atoms with Crippen molar-refractivity contribution in [3.05, 3.63) is 107 Å². The Morgan fingerprint density at radius 2 is 1.80 bits per heavy atom. The second kappa shape index (κ2) is 17.6. The van der Waals surface area contributed by atoms with Crippen molar-refractivity contribution in [2.24, 2.45) is 5.10 Å². The van der Waals surface area contributed by atoms with Crippen molar-refractivity contribution in [3.63, 3.8) is 0 Å². The van der Waals surface area contributed by atoms with Crippen molar-refractivity contribution in [1.29, 1.82) is 0 Å². The highest BCUT2D eigenvalue weighted by atomic mass is 19.1. The maximum atomic E-state index is 14.2. The minimum Gasteiger partial charge on any atom is -0.490 e. The fourth-order valence-electron chi connectivity index (χ4n) is 5.08. The smallest absolute Gasteiger partial charge is 0.337 e. The lowest BCUT2D eigenvalue weighted by Gasteiger charge is -2.28. The molecule has 3 aromatic rings. The van der Waals surface area contributed by atoms with Crippen LogP contribution in [0.3, 0.4) is 0 Å². The summed E-state index contributed by atoms with van der Waals surface area (Å²) in [5.41, 5.74) is 5.68. The van der Waals surface area contributed by atoms with Gasteiger partial charge in [-0.3, -0.25) is 5.43 Å². The van der Waals surface area contributed by atoms with E-state index >= 15 is 0 Å². The monoisotopic (exact) mass is 676 g/mol. The minimum absolute atomic E-state index is 0.0195. The summed E-state index contributed by atoms with van der Waals surface area (Å²) in [4.78, 5) is 24.7. The molecule has 0 bridgehead atoms. The number of halogens is 1. The third-order valence-corrected chi connectivity index (χ3v) is 7.26. The van der Waals surface area contributed by atoms with Crippen LogP contribution in [-0.4, -0.2) is 56.5 Å². The number of carbonyl (C=O) groups is 2. The molecule has 0 aliphatic carbocycles. The molecule has 3 aromatic carbocycles. The Kier molecular flexibility index (Phi) is 13.0. The molecule has 1 aliphatic rings. The number of nitrogens with zero attached hydrogens (tertiary/aromatic N) is 1. The van der Waals surface area contributed by atoms with Gasteiger partial charge >= 0.3 is 12.0 Å². The maximum absolute atomic E-state index is 14.2. The molecule has 260 valence electrons. The van der Waals surface area contributed by atoms with Crippen LogP contribution >= 0.6 is 0 Å². The molecule has 0 unspecified atom stereocenters. The van der Waals surface area contributed by atoms with Crippen molar-refractivity contribution in [1.82, 2.24) is 16.1 Å². The summed E-state index contributed by atoms with van der Waals surface area (Å²) in [6, 6.07) is 13.7. The minimum atomic E-state index is -1.20. The average Bonchev–Trinajstić information content (AvgIpc) is 3.08. The topological polar surface area (TPSA) is 149 Å². The molecule has 0 saturated carbocycles. The van der Waals surface area contributed by atoms with Crippen LogP contribution in [0.5, 0.6) is 23.0 Å². The van der Waals surface area contributed by atoms with E-state index in [9.17, 15) is 19.1 Å². The molecular formula is C36H41FN4O8. The molecule has 4 N–H and O–H groups in total. The molecule has 0 spiro atoms. The van der Waals surface area contributed by atoms with Gasteiger partial charge in [-0.25, -0.2) is 14.0 Å². The van der Waals surface area contributed by atoms with Crippen molar-refractivity contribution in [3.8, 4) is 23.0 Å². The van der Waals surface area contributed by atoms with Crippen LogP contribution in [0.25, 0.3) is 0 Å². The number of hydrogen-bond donors (Lipinski definition) is 4. The molecule has 0 saturated heterocycles. The lowest BCUT2D eigenvalue weighted by molar-refractivity contribution is -0.136. The number of hydrogen-bond acceptors (Lipinski definition) is 10. The average molecular weight is 677 g/mol. The van der Waals surface area contributed by atoms with Gasteiger partial charge in [0.15, 0.2) is 29.2 Å². The first-order chi connectivity index (χ1) is 23.7. The van der Waals surface area contributed by atoms with Gasteiger partial charge in [-0.05, 0) is 68.7 Å². The van der Waals surface area contributed by atoms with E-state index in [0.717, 1.165) is 5.56 Å². The number of rotatable bonds is 17. The number of amides is 2. The quantitative estimate of drug-likeness (QED) is 0.0507. The van der Waals surface area contributed by atoms with E-state index in [2.05, 4.69) is 27.7 Å². The fraction of sp³-hybridized carbons (Fsp3) is 0.306. The molecule has 49 heavy (non-hydrogen) atoms. The third-order valence-electron chi connectivity index (χ3n) is 7.26. The molecule has 12 nitrogen and oxygen atoms in total. The van der Waals surface area contributed by atoms with E-state index < -0.39 is 24.3 Å². The maximum Gasteiger partial charge on any atom is 0.337 e. The normalized spacial score (nSPS) is 14.8. The lowest BCUT2D eigenvalue weighted by Crippen LogP contribution is -2.45. The third kappa shape index (κ3) is 9.51. The molecular weight excluding hydrogens is 635 g/mol. The number of aliphatic hydroxyl groups excluding tert-OH is 1. The van der Waals surface area contributed by atoms with Crippen molar-refractivity contribution in [2.75, 3.05) is 26.9 Å². The van der Waals surface area contributed by atoms with E-state index in [4.69, 9.17) is 23.7 Å². The predicted molar refractivity (Wildman–Crippen MR) is 181 cm³/mol. The largest absolute Gasteiger partial charge is 0.490 e. The van der Waals surface area contributed by atoms with Crippen molar-refractivity contribution in [2.45, 2.75) is 46.1 Å². The van der Waals surface area contributed by atoms with Crippen LogP contribution in [0.4, 0.5) is 9.18 Å². The molecule has 1 heterocycles. The zero-order chi connectivity index (χ0) is 35.3. The number of hydrazone groups is 1. The number of aliphatic hydroxyl groups is 1. The Bertz CT molecular complexity index is 1710. The van der Waals surface area contributed by atoms with Gasteiger partial charge in [0.1, 0.15) is 19.0 Å². The van der Waals surface area contributed by atoms with Gasteiger partial charge in [0, 0.05) is 16.8 Å².